The van der Waals surface area contributed by atoms with Gasteiger partial charge in [-0.25, -0.2) is 9.50 Å². The Kier molecular flexibility index (Phi) is 4.33. The summed E-state index contributed by atoms with van der Waals surface area (Å²) in [4.78, 5) is 7.53. The minimum atomic E-state index is 0.107. The summed E-state index contributed by atoms with van der Waals surface area (Å²) in [7, 11) is 0. The van der Waals surface area contributed by atoms with Gasteiger partial charge in [-0.05, 0) is 26.0 Å². The molecule has 0 saturated carbocycles. The van der Waals surface area contributed by atoms with Crippen molar-refractivity contribution in [2.45, 2.75) is 19.9 Å². The first-order valence-corrected chi connectivity index (χ1v) is 8.27. The molecule has 22 heavy (non-hydrogen) atoms. The number of aliphatic hydroxyl groups is 1. The van der Waals surface area contributed by atoms with Crippen LogP contribution in [0.15, 0.2) is 30.5 Å². The van der Waals surface area contributed by atoms with Gasteiger partial charge in [-0.15, -0.1) is 5.10 Å². The Bertz CT molecular complexity index is 734. The number of hydrogen-bond acceptors (Lipinski definition) is 5. The number of anilines is 1. The highest BCUT2D eigenvalue weighted by Gasteiger charge is 2.17. The molecule has 3 rings (SSSR count). The maximum Gasteiger partial charge on any atom is 0.214 e. The predicted molar refractivity (Wildman–Crippen MR) is 90.9 cm³/mol. The zero-order valence-corrected chi connectivity index (χ0v) is 14.0. The monoisotopic (exact) mass is 336 g/mol. The molecule has 3 aromatic rings. The van der Waals surface area contributed by atoms with Gasteiger partial charge in [0.15, 0.2) is 0 Å². The Morgan fingerprint density at radius 2 is 2.05 bits per heavy atom. The van der Waals surface area contributed by atoms with Gasteiger partial charge in [-0.1, -0.05) is 35.1 Å². The van der Waals surface area contributed by atoms with Crippen molar-refractivity contribution in [3.8, 4) is 11.3 Å². The molecule has 5 nitrogen and oxygen atoms in total. The van der Waals surface area contributed by atoms with E-state index in [9.17, 15) is 5.11 Å². The van der Waals surface area contributed by atoms with Crippen molar-refractivity contribution in [2.24, 2.45) is 0 Å². The number of nitrogens with zero attached hydrogens (tertiary/aromatic N) is 4. The van der Waals surface area contributed by atoms with Crippen LogP contribution in [0.5, 0.6) is 0 Å². The number of rotatable bonds is 5. The SMILES string of the molecule is CC(C)N(CCO)c1nn2cc(-c3ccc(Cl)cc3)nc2s1. The van der Waals surface area contributed by atoms with Crippen LogP contribution in [0, 0.1) is 0 Å². The minimum absolute atomic E-state index is 0.107. The second kappa shape index (κ2) is 6.24. The maximum absolute atomic E-state index is 9.19. The molecule has 0 aliphatic carbocycles. The van der Waals surface area contributed by atoms with Crippen molar-refractivity contribution in [3.05, 3.63) is 35.5 Å². The molecule has 7 heteroatoms. The Labute approximate surface area is 137 Å². The zero-order valence-electron chi connectivity index (χ0n) is 12.4. The smallest absolute Gasteiger partial charge is 0.214 e. The van der Waals surface area contributed by atoms with E-state index in [2.05, 4.69) is 28.8 Å². The second-order valence-electron chi connectivity index (χ2n) is 5.26. The summed E-state index contributed by atoms with van der Waals surface area (Å²) in [5, 5.41) is 15.3. The van der Waals surface area contributed by atoms with Gasteiger partial charge < -0.3 is 10.0 Å². The fraction of sp³-hybridized carbons (Fsp3) is 0.333. The number of benzene rings is 1. The van der Waals surface area contributed by atoms with Crippen molar-refractivity contribution >= 4 is 33.0 Å². The molecular formula is C15H17ClN4OS. The van der Waals surface area contributed by atoms with Gasteiger partial charge in [0.2, 0.25) is 10.1 Å². The molecule has 2 aromatic heterocycles. The highest BCUT2D eigenvalue weighted by atomic mass is 35.5. The first-order valence-electron chi connectivity index (χ1n) is 7.08. The predicted octanol–water partition coefficient (Wildman–Crippen LogP) is 3.32. The van der Waals surface area contributed by atoms with Crippen molar-refractivity contribution in [3.63, 3.8) is 0 Å². The van der Waals surface area contributed by atoms with E-state index in [-0.39, 0.29) is 12.6 Å². The van der Waals surface area contributed by atoms with Crippen molar-refractivity contribution in [1.82, 2.24) is 14.6 Å². The molecule has 0 radical (unpaired) electrons. The molecule has 0 amide bonds. The molecule has 0 fully saturated rings. The lowest BCUT2D eigenvalue weighted by molar-refractivity contribution is 0.299. The minimum Gasteiger partial charge on any atom is -0.395 e. The van der Waals surface area contributed by atoms with Gasteiger partial charge in [0, 0.05) is 23.2 Å². The molecule has 0 unspecified atom stereocenters. The van der Waals surface area contributed by atoms with Gasteiger partial charge in [0.25, 0.3) is 0 Å². The Balaban J connectivity index is 1.93. The fourth-order valence-electron chi connectivity index (χ4n) is 2.25. The molecule has 0 aliphatic rings. The summed E-state index contributed by atoms with van der Waals surface area (Å²) in [5.41, 5.74) is 1.89. The van der Waals surface area contributed by atoms with Gasteiger partial charge in [0.05, 0.1) is 18.5 Å². The Morgan fingerprint density at radius 3 is 2.64 bits per heavy atom. The average molecular weight is 337 g/mol. The maximum atomic E-state index is 9.19. The number of aromatic nitrogens is 3. The van der Waals surface area contributed by atoms with Crippen LogP contribution in [0.4, 0.5) is 5.13 Å². The summed E-state index contributed by atoms with van der Waals surface area (Å²) >= 11 is 7.43. The molecular weight excluding hydrogens is 320 g/mol. The largest absolute Gasteiger partial charge is 0.395 e. The van der Waals surface area contributed by atoms with E-state index in [1.54, 1.807) is 4.52 Å². The van der Waals surface area contributed by atoms with Crippen molar-refractivity contribution in [1.29, 1.82) is 0 Å². The highest BCUT2D eigenvalue weighted by Crippen LogP contribution is 2.28. The standard InChI is InChI=1S/C15H17ClN4OS/c1-10(2)19(7-8-21)15-18-20-9-13(17-14(20)22-15)11-3-5-12(16)6-4-11/h3-6,9-10,21H,7-8H2,1-2H3. The molecule has 0 bridgehead atoms. The average Bonchev–Trinajstić information content (AvgIpc) is 3.03. The molecule has 1 aromatic carbocycles. The summed E-state index contributed by atoms with van der Waals surface area (Å²) in [6.45, 7) is 4.84. The quantitative estimate of drug-likeness (QED) is 0.776. The van der Waals surface area contributed by atoms with E-state index in [0.717, 1.165) is 21.3 Å². The molecule has 1 N–H and O–H groups in total. The number of halogens is 1. The summed E-state index contributed by atoms with van der Waals surface area (Å²) in [6.07, 6.45) is 1.91. The van der Waals surface area contributed by atoms with E-state index in [1.165, 1.54) is 11.3 Å². The van der Waals surface area contributed by atoms with Gasteiger partial charge in [-0.3, -0.25) is 0 Å². The number of hydrogen-bond donors (Lipinski definition) is 1. The van der Waals surface area contributed by atoms with Gasteiger partial charge in [-0.2, -0.15) is 0 Å². The van der Waals surface area contributed by atoms with Crippen LogP contribution in [-0.2, 0) is 0 Å². The molecule has 0 saturated heterocycles. The molecule has 116 valence electrons. The van der Waals surface area contributed by atoms with Crippen LogP contribution in [0.3, 0.4) is 0 Å². The van der Waals surface area contributed by atoms with Gasteiger partial charge >= 0.3 is 0 Å². The van der Waals surface area contributed by atoms with Crippen molar-refractivity contribution < 1.29 is 5.11 Å². The summed E-state index contributed by atoms with van der Waals surface area (Å²) in [5.74, 6) is 0. The number of fused-ring (bicyclic) bond motifs is 1. The lowest BCUT2D eigenvalue weighted by Gasteiger charge is -2.24. The normalized spacial score (nSPS) is 11.5. The molecule has 0 aliphatic heterocycles. The van der Waals surface area contributed by atoms with E-state index in [1.807, 2.05) is 30.5 Å². The molecule has 0 spiro atoms. The lowest BCUT2D eigenvalue weighted by Crippen LogP contribution is -2.33. The van der Waals surface area contributed by atoms with Crippen molar-refractivity contribution in [2.75, 3.05) is 18.1 Å². The van der Waals surface area contributed by atoms with Crippen LogP contribution >= 0.6 is 22.9 Å². The Hall–Kier alpha value is -1.63. The van der Waals surface area contributed by atoms with Crippen LogP contribution in [-0.4, -0.2) is 38.9 Å². The molecule has 2 heterocycles. The summed E-state index contributed by atoms with van der Waals surface area (Å²) < 4.78 is 1.79. The first-order chi connectivity index (χ1) is 10.6. The Morgan fingerprint density at radius 1 is 1.32 bits per heavy atom. The lowest BCUT2D eigenvalue weighted by atomic mass is 10.2. The fourth-order valence-corrected chi connectivity index (χ4v) is 3.42. The van der Waals surface area contributed by atoms with Crippen LogP contribution in [0.1, 0.15) is 13.8 Å². The highest BCUT2D eigenvalue weighted by molar-refractivity contribution is 7.20. The third-order valence-electron chi connectivity index (χ3n) is 3.38. The molecule has 0 atom stereocenters. The summed E-state index contributed by atoms with van der Waals surface area (Å²) in [6, 6.07) is 7.87. The zero-order chi connectivity index (χ0) is 15.7. The van der Waals surface area contributed by atoms with Crippen LogP contribution < -0.4 is 4.90 Å². The topological polar surface area (TPSA) is 53.7 Å². The van der Waals surface area contributed by atoms with E-state index < -0.39 is 0 Å². The van der Waals surface area contributed by atoms with Crippen LogP contribution in [0.2, 0.25) is 5.02 Å². The number of aliphatic hydroxyl groups excluding tert-OH is 1. The number of imidazole rings is 1. The van der Waals surface area contributed by atoms with E-state index >= 15 is 0 Å². The third kappa shape index (κ3) is 2.95. The third-order valence-corrected chi connectivity index (χ3v) is 4.59. The van der Waals surface area contributed by atoms with E-state index in [4.69, 9.17) is 11.6 Å². The van der Waals surface area contributed by atoms with Gasteiger partial charge in [0.1, 0.15) is 0 Å². The van der Waals surface area contributed by atoms with E-state index in [0.29, 0.717) is 11.6 Å². The second-order valence-corrected chi connectivity index (χ2v) is 6.63. The van der Waals surface area contributed by atoms with Crippen LogP contribution in [0.25, 0.3) is 16.2 Å². The first kappa shape index (κ1) is 15.3.